The van der Waals surface area contributed by atoms with Crippen LogP contribution >= 0.6 is 12.2 Å². The lowest BCUT2D eigenvalue weighted by molar-refractivity contribution is 0.202. The van der Waals surface area contributed by atoms with Crippen LogP contribution in [-0.2, 0) is 0 Å². The van der Waals surface area contributed by atoms with Gasteiger partial charge in [0.2, 0.25) is 5.88 Å². The fourth-order valence-corrected chi connectivity index (χ4v) is 2.42. The second kappa shape index (κ2) is 6.09. The molecule has 0 aromatic carbocycles. The zero-order valence-electron chi connectivity index (χ0n) is 10.7. The van der Waals surface area contributed by atoms with E-state index in [1.54, 1.807) is 6.20 Å². The quantitative estimate of drug-likeness (QED) is 0.847. The summed E-state index contributed by atoms with van der Waals surface area (Å²) in [7, 11) is 0. The van der Waals surface area contributed by atoms with Gasteiger partial charge in [-0.25, -0.2) is 4.98 Å². The Hall–Kier alpha value is -1.23. The van der Waals surface area contributed by atoms with Crippen LogP contribution < -0.4 is 10.5 Å². The van der Waals surface area contributed by atoms with Crippen LogP contribution in [0.2, 0.25) is 0 Å². The predicted molar refractivity (Wildman–Crippen MR) is 74.7 cm³/mol. The van der Waals surface area contributed by atoms with E-state index in [9.17, 15) is 0 Å². The molecule has 1 aromatic heterocycles. The van der Waals surface area contributed by atoms with Gasteiger partial charge in [-0.1, -0.05) is 31.5 Å². The van der Waals surface area contributed by atoms with Crippen molar-refractivity contribution in [3.63, 3.8) is 0 Å². The van der Waals surface area contributed by atoms with E-state index in [2.05, 4.69) is 9.97 Å². The van der Waals surface area contributed by atoms with Crippen LogP contribution in [0.5, 0.6) is 5.88 Å². The van der Waals surface area contributed by atoms with Crippen molar-refractivity contribution in [3.05, 3.63) is 17.6 Å². The molecule has 0 bridgehead atoms. The first kappa shape index (κ1) is 13.2. The fourth-order valence-electron chi connectivity index (χ4n) is 2.28. The van der Waals surface area contributed by atoms with Gasteiger partial charge in [0, 0.05) is 6.20 Å². The number of aromatic nitrogens is 2. The maximum atomic E-state index is 5.80. The SMILES string of the molecule is Cc1ncc(C(N)=S)c(OCC2CCCCC2)n1. The highest BCUT2D eigenvalue weighted by Crippen LogP contribution is 2.25. The predicted octanol–water partition coefficient (Wildman–Crippen LogP) is 2.38. The molecule has 0 unspecified atom stereocenters. The van der Waals surface area contributed by atoms with Crippen molar-refractivity contribution in [1.29, 1.82) is 0 Å². The highest BCUT2D eigenvalue weighted by molar-refractivity contribution is 7.80. The van der Waals surface area contributed by atoms with Gasteiger partial charge < -0.3 is 10.5 Å². The number of thiocarbonyl (C=S) groups is 1. The first-order valence-electron chi connectivity index (χ1n) is 6.43. The van der Waals surface area contributed by atoms with E-state index in [0.29, 0.717) is 29.8 Å². The summed E-state index contributed by atoms with van der Waals surface area (Å²) < 4.78 is 5.80. The van der Waals surface area contributed by atoms with Gasteiger partial charge in [0.1, 0.15) is 10.8 Å². The first-order chi connectivity index (χ1) is 8.66. The van der Waals surface area contributed by atoms with Gasteiger partial charge in [-0.3, -0.25) is 0 Å². The number of ether oxygens (including phenoxy) is 1. The molecule has 1 fully saturated rings. The summed E-state index contributed by atoms with van der Waals surface area (Å²) in [5.41, 5.74) is 6.28. The summed E-state index contributed by atoms with van der Waals surface area (Å²) in [5.74, 6) is 1.84. The lowest BCUT2D eigenvalue weighted by atomic mass is 9.90. The average molecular weight is 265 g/mol. The Labute approximate surface area is 113 Å². The van der Waals surface area contributed by atoms with Gasteiger partial charge in [-0.15, -0.1) is 0 Å². The highest BCUT2D eigenvalue weighted by atomic mass is 32.1. The number of aryl methyl sites for hydroxylation is 1. The summed E-state index contributed by atoms with van der Waals surface area (Å²) in [5, 5.41) is 0. The standard InChI is InChI=1S/C13H19N3OS/c1-9-15-7-11(12(14)18)13(16-9)17-8-10-5-3-2-4-6-10/h7,10H,2-6,8H2,1H3,(H2,14,18). The van der Waals surface area contributed by atoms with Gasteiger partial charge >= 0.3 is 0 Å². The Kier molecular flexibility index (Phi) is 4.47. The zero-order valence-corrected chi connectivity index (χ0v) is 11.5. The van der Waals surface area contributed by atoms with Gasteiger partial charge in [0.05, 0.1) is 12.2 Å². The highest BCUT2D eigenvalue weighted by Gasteiger charge is 2.16. The van der Waals surface area contributed by atoms with E-state index in [1.165, 1.54) is 32.1 Å². The molecule has 98 valence electrons. The molecule has 18 heavy (non-hydrogen) atoms. The summed E-state index contributed by atoms with van der Waals surface area (Å²) in [4.78, 5) is 8.66. The Morgan fingerprint density at radius 2 is 2.17 bits per heavy atom. The molecular formula is C13H19N3OS. The van der Waals surface area contributed by atoms with Crippen molar-refractivity contribution in [1.82, 2.24) is 9.97 Å². The lowest BCUT2D eigenvalue weighted by Gasteiger charge is -2.21. The molecule has 1 aliphatic carbocycles. The minimum atomic E-state index is 0.286. The molecule has 0 radical (unpaired) electrons. The average Bonchev–Trinajstić information content (AvgIpc) is 2.37. The molecule has 0 spiro atoms. The molecule has 1 aromatic rings. The van der Waals surface area contributed by atoms with Crippen LogP contribution in [0.1, 0.15) is 43.5 Å². The van der Waals surface area contributed by atoms with Crippen molar-refractivity contribution in [2.24, 2.45) is 11.7 Å². The molecule has 1 saturated carbocycles. The molecule has 0 atom stereocenters. The summed E-state index contributed by atoms with van der Waals surface area (Å²) in [6, 6.07) is 0. The molecular weight excluding hydrogens is 246 g/mol. The van der Waals surface area contributed by atoms with Crippen LogP contribution in [0.4, 0.5) is 0 Å². The second-order valence-electron chi connectivity index (χ2n) is 4.82. The third kappa shape index (κ3) is 3.38. The first-order valence-corrected chi connectivity index (χ1v) is 6.84. The molecule has 4 nitrogen and oxygen atoms in total. The van der Waals surface area contributed by atoms with E-state index >= 15 is 0 Å². The van der Waals surface area contributed by atoms with Crippen molar-refractivity contribution in [2.45, 2.75) is 39.0 Å². The molecule has 0 amide bonds. The number of nitrogens with zero attached hydrogens (tertiary/aromatic N) is 2. The van der Waals surface area contributed by atoms with Crippen molar-refractivity contribution in [3.8, 4) is 5.88 Å². The van der Waals surface area contributed by atoms with E-state index in [1.807, 2.05) is 6.92 Å². The van der Waals surface area contributed by atoms with Gasteiger partial charge in [-0.2, -0.15) is 4.98 Å². The monoisotopic (exact) mass is 265 g/mol. The maximum Gasteiger partial charge on any atom is 0.227 e. The molecule has 2 rings (SSSR count). The molecule has 1 aliphatic rings. The minimum Gasteiger partial charge on any atom is -0.477 e. The van der Waals surface area contributed by atoms with Gasteiger partial charge in [0.15, 0.2) is 0 Å². The topological polar surface area (TPSA) is 61.0 Å². The summed E-state index contributed by atoms with van der Waals surface area (Å²) >= 11 is 4.98. The minimum absolute atomic E-state index is 0.286. The number of nitrogens with two attached hydrogens (primary N) is 1. The third-order valence-electron chi connectivity index (χ3n) is 3.32. The van der Waals surface area contributed by atoms with Gasteiger partial charge in [0.25, 0.3) is 0 Å². The smallest absolute Gasteiger partial charge is 0.227 e. The van der Waals surface area contributed by atoms with E-state index in [4.69, 9.17) is 22.7 Å². The number of rotatable bonds is 4. The third-order valence-corrected chi connectivity index (χ3v) is 3.54. The van der Waals surface area contributed by atoms with Crippen molar-refractivity contribution in [2.75, 3.05) is 6.61 Å². The Balaban J connectivity index is 2.03. The number of hydrogen-bond donors (Lipinski definition) is 1. The summed E-state index contributed by atoms with van der Waals surface area (Å²) in [6.07, 6.45) is 8.08. The Morgan fingerprint density at radius 3 is 2.83 bits per heavy atom. The van der Waals surface area contributed by atoms with E-state index in [-0.39, 0.29) is 4.99 Å². The molecule has 0 saturated heterocycles. The van der Waals surface area contributed by atoms with Crippen molar-refractivity contribution >= 4 is 17.2 Å². The van der Waals surface area contributed by atoms with Crippen LogP contribution in [0.25, 0.3) is 0 Å². The Morgan fingerprint density at radius 1 is 1.44 bits per heavy atom. The van der Waals surface area contributed by atoms with Crippen LogP contribution in [-0.4, -0.2) is 21.6 Å². The maximum absolute atomic E-state index is 5.80. The van der Waals surface area contributed by atoms with Gasteiger partial charge in [-0.05, 0) is 25.7 Å². The molecule has 5 heteroatoms. The van der Waals surface area contributed by atoms with Crippen LogP contribution in [0, 0.1) is 12.8 Å². The number of hydrogen-bond acceptors (Lipinski definition) is 4. The zero-order chi connectivity index (χ0) is 13.0. The van der Waals surface area contributed by atoms with Crippen LogP contribution in [0.15, 0.2) is 6.20 Å². The van der Waals surface area contributed by atoms with E-state index < -0.39 is 0 Å². The van der Waals surface area contributed by atoms with Crippen molar-refractivity contribution < 1.29 is 4.74 Å². The fraction of sp³-hybridized carbons (Fsp3) is 0.615. The largest absolute Gasteiger partial charge is 0.477 e. The second-order valence-corrected chi connectivity index (χ2v) is 5.26. The Bertz CT molecular complexity index is 430. The van der Waals surface area contributed by atoms with Crippen LogP contribution in [0.3, 0.4) is 0 Å². The lowest BCUT2D eigenvalue weighted by Crippen LogP contribution is -2.19. The van der Waals surface area contributed by atoms with E-state index in [0.717, 1.165) is 0 Å². The summed E-state index contributed by atoms with van der Waals surface area (Å²) in [6.45, 7) is 2.53. The normalized spacial score (nSPS) is 16.5. The molecule has 0 aliphatic heterocycles. The molecule has 1 heterocycles. The molecule has 2 N–H and O–H groups in total.